The lowest BCUT2D eigenvalue weighted by Crippen LogP contribution is -1.97. The first-order valence-corrected chi connectivity index (χ1v) is 17.4. The van der Waals surface area contributed by atoms with E-state index < -0.39 is 0 Å². The molecule has 232 valence electrons. The van der Waals surface area contributed by atoms with Crippen molar-refractivity contribution in [3.63, 3.8) is 0 Å². The largest absolute Gasteiger partial charge is 0.455 e. The molecule has 0 atom stereocenters. The zero-order valence-corrected chi connectivity index (χ0v) is 27.3. The molecule has 0 bridgehead atoms. The second kappa shape index (κ2) is 10.3. The van der Waals surface area contributed by atoms with E-state index in [0.29, 0.717) is 5.56 Å². The van der Waals surface area contributed by atoms with Gasteiger partial charge in [-0.05, 0) is 138 Å². The minimum absolute atomic E-state index is 0.642. The molecule has 0 aliphatic heterocycles. The van der Waals surface area contributed by atoms with Gasteiger partial charge in [-0.25, -0.2) is 0 Å². The first-order valence-electron chi connectivity index (χ1n) is 17.4. The summed E-state index contributed by atoms with van der Waals surface area (Å²) >= 11 is 0. The molecule has 1 heterocycles. The van der Waals surface area contributed by atoms with Gasteiger partial charge in [-0.2, -0.15) is 5.26 Å². The highest BCUT2D eigenvalue weighted by Gasteiger charge is 2.27. The minimum atomic E-state index is 0.642. The minimum Gasteiger partial charge on any atom is -0.455 e. The van der Waals surface area contributed by atoms with Crippen molar-refractivity contribution >= 4 is 60.3 Å². The highest BCUT2D eigenvalue weighted by molar-refractivity contribution is 6.22. The van der Waals surface area contributed by atoms with Gasteiger partial charge in [0.25, 0.3) is 0 Å². The van der Waals surface area contributed by atoms with E-state index in [0.717, 1.165) is 47.1 Å². The number of benzene rings is 8. The molecule has 0 fully saturated rings. The van der Waals surface area contributed by atoms with Crippen molar-refractivity contribution in [1.82, 2.24) is 0 Å². The van der Waals surface area contributed by atoms with E-state index in [1.165, 1.54) is 82.0 Å². The van der Waals surface area contributed by atoms with Gasteiger partial charge in [0, 0.05) is 16.3 Å². The SMILES string of the molecule is N#Cc1cc(-c2cc3ccccc3c3c2Cc2ccc4ccccc4c2-3)cc(-c2cc3c(c4c2oc2ccc5ccccc5c24)CCC=C3)c1. The Balaban J connectivity index is 1.21. The maximum Gasteiger partial charge on any atom is 0.143 e. The number of fused-ring (bicyclic) bond motifs is 14. The lowest BCUT2D eigenvalue weighted by atomic mass is 9.86. The molecular weight excluding hydrogens is 607 g/mol. The molecule has 0 unspecified atom stereocenters. The van der Waals surface area contributed by atoms with E-state index in [2.05, 4.69) is 140 Å². The lowest BCUT2D eigenvalue weighted by Gasteiger charge is -2.17. The summed E-state index contributed by atoms with van der Waals surface area (Å²) in [5.41, 5.74) is 14.6. The van der Waals surface area contributed by atoms with Crippen LogP contribution in [0.1, 0.15) is 34.2 Å². The first kappa shape index (κ1) is 27.5. The number of allylic oxidation sites excluding steroid dienone is 1. The number of hydrogen-bond donors (Lipinski definition) is 0. The normalized spacial score (nSPS) is 13.3. The van der Waals surface area contributed by atoms with Crippen molar-refractivity contribution in [2.45, 2.75) is 19.3 Å². The Bertz CT molecular complexity index is 3020. The fourth-order valence-corrected chi connectivity index (χ4v) is 8.94. The molecule has 0 spiro atoms. The van der Waals surface area contributed by atoms with Crippen LogP contribution in [0.15, 0.2) is 138 Å². The quantitative estimate of drug-likeness (QED) is 0.189. The molecule has 0 amide bonds. The molecule has 0 radical (unpaired) electrons. The fraction of sp³-hybridized carbons (Fsp3) is 0.0625. The van der Waals surface area contributed by atoms with Crippen LogP contribution in [0.2, 0.25) is 0 Å². The van der Waals surface area contributed by atoms with E-state index in [-0.39, 0.29) is 0 Å². The maximum atomic E-state index is 10.5. The second-order valence-electron chi connectivity index (χ2n) is 13.8. The zero-order chi connectivity index (χ0) is 32.9. The number of nitriles is 1. The van der Waals surface area contributed by atoms with Crippen LogP contribution < -0.4 is 0 Å². The van der Waals surface area contributed by atoms with Crippen molar-refractivity contribution in [1.29, 1.82) is 5.26 Å². The summed E-state index contributed by atoms with van der Waals surface area (Å²) in [6.45, 7) is 0. The van der Waals surface area contributed by atoms with Crippen molar-refractivity contribution in [2.24, 2.45) is 0 Å². The van der Waals surface area contributed by atoms with Crippen LogP contribution in [0.5, 0.6) is 0 Å². The first-order chi connectivity index (χ1) is 24.7. The average Bonchev–Trinajstić information content (AvgIpc) is 3.78. The molecule has 1 aromatic heterocycles. The molecule has 50 heavy (non-hydrogen) atoms. The molecule has 8 aromatic carbocycles. The zero-order valence-electron chi connectivity index (χ0n) is 27.3. The highest BCUT2D eigenvalue weighted by Crippen LogP contribution is 2.50. The summed E-state index contributed by atoms with van der Waals surface area (Å²) < 4.78 is 6.84. The number of hydrogen-bond acceptors (Lipinski definition) is 2. The smallest absolute Gasteiger partial charge is 0.143 e. The van der Waals surface area contributed by atoms with Gasteiger partial charge < -0.3 is 4.42 Å². The predicted molar refractivity (Wildman–Crippen MR) is 207 cm³/mol. The van der Waals surface area contributed by atoms with E-state index in [9.17, 15) is 5.26 Å². The van der Waals surface area contributed by atoms with Gasteiger partial charge >= 0.3 is 0 Å². The van der Waals surface area contributed by atoms with Crippen LogP contribution in [0, 0.1) is 11.3 Å². The molecule has 9 aromatic rings. The molecule has 2 aliphatic rings. The molecule has 0 saturated carbocycles. The maximum absolute atomic E-state index is 10.5. The van der Waals surface area contributed by atoms with Gasteiger partial charge in [-0.3, -0.25) is 0 Å². The third-order valence-electron chi connectivity index (χ3n) is 11.1. The fourth-order valence-electron chi connectivity index (χ4n) is 8.94. The van der Waals surface area contributed by atoms with E-state index in [1.54, 1.807) is 0 Å². The summed E-state index contributed by atoms with van der Waals surface area (Å²) in [5.74, 6) is 0. The molecule has 11 rings (SSSR count). The molecular formula is C48H29NO. The monoisotopic (exact) mass is 635 g/mol. The van der Waals surface area contributed by atoms with Gasteiger partial charge in [-0.15, -0.1) is 0 Å². The van der Waals surface area contributed by atoms with Gasteiger partial charge in [0.1, 0.15) is 11.2 Å². The van der Waals surface area contributed by atoms with Gasteiger partial charge in [0.15, 0.2) is 0 Å². The Labute approximate surface area is 289 Å². The van der Waals surface area contributed by atoms with Crippen molar-refractivity contribution < 1.29 is 4.42 Å². The van der Waals surface area contributed by atoms with Gasteiger partial charge in [-0.1, -0.05) is 103 Å². The molecule has 0 saturated heterocycles. The number of aryl methyl sites for hydroxylation is 1. The summed E-state index contributed by atoms with van der Waals surface area (Å²) in [5, 5.41) is 20.3. The number of nitrogens with zero attached hydrogens (tertiary/aromatic N) is 1. The predicted octanol–water partition coefficient (Wildman–Crippen LogP) is 12.8. The summed E-state index contributed by atoms with van der Waals surface area (Å²) in [7, 11) is 0. The topological polar surface area (TPSA) is 36.9 Å². The highest BCUT2D eigenvalue weighted by atomic mass is 16.3. The summed E-state index contributed by atoms with van der Waals surface area (Å²) in [6, 6.07) is 48.4. The standard InChI is InChI=1S/C48H29NO/c49-27-28-21-34(40-24-31-11-3-7-15-38(31)45-42(40)26-33-18-17-29-9-1-5-13-36(29)44(33)45)23-35(22-28)41-25-32-12-4-8-16-39(32)47-46-37-14-6-2-10-30(37)19-20-43(46)50-48(41)47/h1-7,9-15,17-25H,8,16,26H2. The number of rotatable bonds is 2. The van der Waals surface area contributed by atoms with Crippen LogP contribution in [0.3, 0.4) is 0 Å². The van der Waals surface area contributed by atoms with E-state index in [1.807, 2.05) is 6.07 Å². The van der Waals surface area contributed by atoms with Crippen LogP contribution >= 0.6 is 0 Å². The van der Waals surface area contributed by atoms with E-state index in [4.69, 9.17) is 4.42 Å². The Morgan fingerprint density at radius 2 is 1.28 bits per heavy atom. The van der Waals surface area contributed by atoms with Crippen LogP contribution in [-0.2, 0) is 12.8 Å². The van der Waals surface area contributed by atoms with Gasteiger partial charge in [0.05, 0.1) is 11.6 Å². The third-order valence-corrected chi connectivity index (χ3v) is 11.1. The Morgan fingerprint density at radius 1 is 0.580 bits per heavy atom. The third kappa shape index (κ3) is 3.84. The van der Waals surface area contributed by atoms with Crippen LogP contribution in [-0.4, -0.2) is 0 Å². The van der Waals surface area contributed by atoms with Crippen LogP contribution in [0.25, 0.3) is 93.7 Å². The lowest BCUT2D eigenvalue weighted by molar-refractivity contribution is 0.670. The summed E-state index contributed by atoms with van der Waals surface area (Å²) in [4.78, 5) is 0. The average molecular weight is 636 g/mol. The summed E-state index contributed by atoms with van der Waals surface area (Å²) in [6.07, 6.45) is 7.38. The van der Waals surface area contributed by atoms with Crippen molar-refractivity contribution in [2.75, 3.05) is 0 Å². The van der Waals surface area contributed by atoms with Gasteiger partial charge in [0.2, 0.25) is 0 Å². The van der Waals surface area contributed by atoms with Crippen LogP contribution in [0.4, 0.5) is 0 Å². The molecule has 2 heteroatoms. The Kier molecular flexibility index (Phi) is 5.66. The molecule has 0 N–H and O–H groups in total. The van der Waals surface area contributed by atoms with E-state index >= 15 is 0 Å². The Morgan fingerprint density at radius 3 is 2.10 bits per heavy atom. The second-order valence-corrected chi connectivity index (χ2v) is 13.8. The molecule has 2 nitrogen and oxygen atoms in total. The van der Waals surface area contributed by atoms with Crippen molar-refractivity contribution in [3.8, 4) is 39.4 Å². The Hall–Kier alpha value is -6.43. The van der Waals surface area contributed by atoms with Crippen molar-refractivity contribution in [3.05, 3.63) is 161 Å². The molecule has 2 aliphatic carbocycles. The number of furan rings is 1.